The molecule has 0 spiro atoms. The van der Waals surface area contributed by atoms with Gasteiger partial charge in [-0.15, -0.1) is 0 Å². The van der Waals surface area contributed by atoms with E-state index in [0.29, 0.717) is 22.8 Å². The highest BCUT2D eigenvalue weighted by Gasteiger charge is 2.17. The Morgan fingerprint density at radius 1 is 1.06 bits per heavy atom. The van der Waals surface area contributed by atoms with Crippen molar-refractivity contribution in [2.75, 3.05) is 5.32 Å². The van der Waals surface area contributed by atoms with E-state index in [1.54, 1.807) is 23.3 Å². The van der Waals surface area contributed by atoms with Gasteiger partial charge in [0, 0.05) is 34.4 Å². The zero-order chi connectivity index (χ0) is 23.7. The predicted octanol–water partition coefficient (Wildman–Crippen LogP) is 5.58. The maximum atomic E-state index is 13.4. The molecule has 5 rings (SSSR count). The molecule has 5 aromatic rings. The van der Waals surface area contributed by atoms with E-state index in [-0.39, 0.29) is 5.91 Å². The van der Waals surface area contributed by atoms with E-state index < -0.39 is 0 Å². The van der Waals surface area contributed by atoms with Crippen LogP contribution >= 0.6 is 11.6 Å². The fourth-order valence-corrected chi connectivity index (χ4v) is 4.27. The smallest absolute Gasteiger partial charge is 0.256 e. The van der Waals surface area contributed by atoms with Crippen molar-refractivity contribution in [2.24, 2.45) is 0 Å². The van der Waals surface area contributed by atoms with Crippen molar-refractivity contribution in [1.82, 2.24) is 24.5 Å². The number of amides is 1. The number of pyridine rings is 1. The summed E-state index contributed by atoms with van der Waals surface area (Å²) < 4.78 is 3.68. The van der Waals surface area contributed by atoms with Gasteiger partial charge in [-0.3, -0.25) is 14.2 Å². The van der Waals surface area contributed by atoms with Crippen molar-refractivity contribution >= 4 is 34.1 Å². The lowest BCUT2D eigenvalue weighted by atomic mass is 10.0. The zero-order valence-electron chi connectivity index (χ0n) is 18.9. The number of halogens is 1. The number of aryl methyl sites for hydroxylation is 1. The van der Waals surface area contributed by atoms with E-state index in [1.807, 2.05) is 73.1 Å². The quantitative estimate of drug-likeness (QED) is 0.351. The molecule has 0 saturated carbocycles. The molecule has 0 aliphatic heterocycles. The zero-order valence-corrected chi connectivity index (χ0v) is 19.6. The molecule has 0 bridgehead atoms. The molecule has 7 nitrogen and oxygen atoms in total. The van der Waals surface area contributed by atoms with Gasteiger partial charge in [-0.1, -0.05) is 41.9 Å². The van der Waals surface area contributed by atoms with Crippen molar-refractivity contribution < 1.29 is 4.79 Å². The minimum atomic E-state index is -0.220. The third-order valence-electron chi connectivity index (χ3n) is 5.76. The molecule has 0 fully saturated rings. The molecule has 2 aromatic carbocycles. The van der Waals surface area contributed by atoms with Gasteiger partial charge in [-0.2, -0.15) is 10.2 Å². The first-order valence-corrected chi connectivity index (χ1v) is 11.4. The molecule has 34 heavy (non-hydrogen) atoms. The Balaban J connectivity index is 1.45. The standard InChI is InChI=1S/C26H23ClN6O/c1-3-33-17(2)23(14-29-33)25-12-22(21-9-4-5-10-24(21)31-25)26(34)30-20-13-28-32(16-20)15-18-7-6-8-19(27)11-18/h4-14,16H,3,15H2,1-2H3,(H,30,34). The molecule has 1 amide bonds. The van der Waals surface area contributed by atoms with E-state index >= 15 is 0 Å². The second kappa shape index (κ2) is 9.11. The first-order chi connectivity index (χ1) is 16.5. The number of para-hydroxylation sites is 1. The number of nitrogens with zero attached hydrogens (tertiary/aromatic N) is 5. The van der Waals surface area contributed by atoms with Crippen molar-refractivity contribution in [3.05, 3.63) is 95.0 Å². The highest BCUT2D eigenvalue weighted by Crippen LogP contribution is 2.27. The van der Waals surface area contributed by atoms with Gasteiger partial charge in [0.2, 0.25) is 0 Å². The summed E-state index contributed by atoms with van der Waals surface area (Å²) in [6, 6.07) is 17.1. The van der Waals surface area contributed by atoms with Gasteiger partial charge in [0.25, 0.3) is 5.91 Å². The predicted molar refractivity (Wildman–Crippen MR) is 134 cm³/mol. The Bertz CT molecular complexity index is 1500. The van der Waals surface area contributed by atoms with Gasteiger partial charge in [0.1, 0.15) is 0 Å². The molecule has 0 atom stereocenters. The average Bonchev–Trinajstić information content (AvgIpc) is 3.43. The molecule has 0 saturated heterocycles. The third-order valence-corrected chi connectivity index (χ3v) is 6.00. The third kappa shape index (κ3) is 4.30. The normalized spacial score (nSPS) is 11.1. The number of hydrogen-bond acceptors (Lipinski definition) is 4. The van der Waals surface area contributed by atoms with Crippen LogP contribution in [0.2, 0.25) is 5.02 Å². The first kappa shape index (κ1) is 21.9. The molecule has 0 aliphatic rings. The van der Waals surface area contributed by atoms with Crippen LogP contribution in [-0.4, -0.2) is 30.5 Å². The van der Waals surface area contributed by atoms with Crippen LogP contribution in [0.25, 0.3) is 22.2 Å². The molecular weight excluding hydrogens is 448 g/mol. The summed E-state index contributed by atoms with van der Waals surface area (Å²) in [4.78, 5) is 18.2. The molecule has 0 aliphatic carbocycles. The van der Waals surface area contributed by atoms with Crippen LogP contribution in [0.15, 0.2) is 73.2 Å². The average molecular weight is 471 g/mol. The number of hydrogen-bond donors (Lipinski definition) is 1. The SMILES string of the molecule is CCn1ncc(-c2cc(C(=O)Nc3cnn(Cc4cccc(Cl)c4)c3)c3ccccc3n2)c1C. The lowest BCUT2D eigenvalue weighted by Gasteiger charge is -2.10. The molecule has 3 heterocycles. The van der Waals surface area contributed by atoms with Crippen LogP contribution in [0.3, 0.4) is 0 Å². The topological polar surface area (TPSA) is 77.6 Å². The molecule has 170 valence electrons. The van der Waals surface area contributed by atoms with Crippen LogP contribution < -0.4 is 5.32 Å². The first-order valence-electron chi connectivity index (χ1n) is 11.0. The lowest BCUT2D eigenvalue weighted by molar-refractivity contribution is 0.102. The van der Waals surface area contributed by atoms with E-state index in [9.17, 15) is 4.79 Å². The van der Waals surface area contributed by atoms with Gasteiger partial charge in [-0.25, -0.2) is 4.98 Å². The maximum Gasteiger partial charge on any atom is 0.256 e. The lowest BCUT2D eigenvalue weighted by Crippen LogP contribution is -2.13. The van der Waals surface area contributed by atoms with Gasteiger partial charge in [0.15, 0.2) is 0 Å². The van der Waals surface area contributed by atoms with E-state index in [1.165, 1.54) is 0 Å². The highest BCUT2D eigenvalue weighted by atomic mass is 35.5. The minimum Gasteiger partial charge on any atom is -0.319 e. The molecular formula is C26H23ClN6O. The molecule has 3 aromatic heterocycles. The summed E-state index contributed by atoms with van der Waals surface area (Å²) in [5.41, 5.74) is 5.59. The summed E-state index contributed by atoms with van der Waals surface area (Å²) in [6.07, 6.45) is 5.25. The van der Waals surface area contributed by atoms with Gasteiger partial charge in [0.05, 0.1) is 41.4 Å². The summed E-state index contributed by atoms with van der Waals surface area (Å²) in [5, 5.41) is 13.3. The van der Waals surface area contributed by atoms with Gasteiger partial charge in [-0.05, 0) is 43.7 Å². The largest absolute Gasteiger partial charge is 0.319 e. The molecule has 8 heteroatoms. The van der Waals surface area contributed by atoms with Crippen LogP contribution in [0.5, 0.6) is 0 Å². The minimum absolute atomic E-state index is 0.220. The van der Waals surface area contributed by atoms with Gasteiger partial charge >= 0.3 is 0 Å². The Morgan fingerprint density at radius 2 is 1.91 bits per heavy atom. The van der Waals surface area contributed by atoms with Crippen molar-refractivity contribution in [3.63, 3.8) is 0 Å². The molecule has 1 N–H and O–H groups in total. The van der Waals surface area contributed by atoms with Crippen molar-refractivity contribution in [2.45, 2.75) is 26.9 Å². The number of nitrogens with one attached hydrogen (secondary N) is 1. The molecule has 0 unspecified atom stereocenters. The van der Waals surface area contributed by atoms with Crippen molar-refractivity contribution in [3.8, 4) is 11.3 Å². The monoisotopic (exact) mass is 470 g/mol. The number of aromatic nitrogens is 5. The fourth-order valence-electron chi connectivity index (χ4n) is 4.05. The Kier molecular flexibility index (Phi) is 5.86. The summed E-state index contributed by atoms with van der Waals surface area (Å²) >= 11 is 6.08. The number of anilines is 1. The van der Waals surface area contributed by atoms with Gasteiger partial charge < -0.3 is 5.32 Å². The number of fused-ring (bicyclic) bond motifs is 1. The summed E-state index contributed by atoms with van der Waals surface area (Å²) in [6.45, 7) is 5.38. The molecule has 0 radical (unpaired) electrons. The Hall–Kier alpha value is -3.97. The van der Waals surface area contributed by atoms with E-state index in [0.717, 1.165) is 40.0 Å². The van der Waals surface area contributed by atoms with Crippen LogP contribution in [0.1, 0.15) is 28.5 Å². The van der Waals surface area contributed by atoms with Crippen LogP contribution in [0, 0.1) is 6.92 Å². The number of benzene rings is 2. The Morgan fingerprint density at radius 3 is 2.71 bits per heavy atom. The number of rotatable bonds is 6. The summed E-state index contributed by atoms with van der Waals surface area (Å²) in [7, 11) is 0. The number of carbonyl (C=O) groups excluding carboxylic acids is 1. The second-order valence-electron chi connectivity index (χ2n) is 8.04. The Labute approximate surface area is 202 Å². The van der Waals surface area contributed by atoms with Crippen molar-refractivity contribution in [1.29, 1.82) is 0 Å². The van der Waals surface area contributed by atoms with Crippen LogP contribution in [0.4, 0.5) is 5.69 Å². The van der Waals surface area contributed by atoms with Crippen LogP contribution in [-0.2, 0) is 13.1 Å². The second-order valence-corrected chi connectivity index (χ2v) is 8.48. The van der Waals surface area contributed by atoms with E-state index in [4.69, 9.17) is 16.6 Å². The highest BCUT2D eigenvalue weighted by molar-refractivity contribution is 6.30. The summed E-state index contributed by atoms with van der Waals surface area (Å²) in [5.74, 6) is -0.220. The fraction of sp³-hybridized carbons (Fsp3) is 0.154. The maximum absolute atomic E-state index is 13.4. The van der Waals surface area contributed by atoms with E-state index in [2.05, 4.69) is 15.5 Å². The number of carbonyl (C=O) groups is 1.